The van der Waals surface area contributed by atoms with Crippen LogP contribution < -0.4 is 19.7 Å². The fraction of sp³-hybridized carbons (Fsp3) is 0.154. The van der Waals surface area contributed by atoms with Crippen molar-refractivity contribution in [3.63, 3.8) is 0 Å². The van der Waals surface area contributed by atoms with Gasteiger partial charge >= 0.3 is 0 Å². The van der Waals surface area contributed by atoms with Crippen LogP contribution in [0.3, 0.4) is 0 Å². The number of pyridine rings is 1. The van der Waals surface area contributed by atoms with Gasteiger partial charge < -0.3 is 19.9 Å². The Balaban J connectivity index is 1.97. The van der Waals surface area contributed by atoms with Gasteiger partial charge in [-0.25, -0.2) is 0 Å². The summed E-state index contributed by atoms with van der Waals surface area (Å²) in [5.41, 5.74) is 1.32. The number of methoxy groups -OCH3 is 2. The largest absolute Gasteiger partial charge is 0.506 e. The number of carbonyl (C=O) groups is 3. The van der Waals surface area contributed by atoms with Gasteiger partial charge in [0.05, 0.1) is 25.8 Å². The van der Waals surface area contributed by atoms with E-state index < -0.39 is 23.5 Å². The average molecular weight is 473 g/mol. The van der Waals surface area contributed by atoms with Crippen LogP contribution in [0, 0.1) is 0 Å². The first-order valence-electron chi connectivity index (χ1n) is 10.7. The molecule has 2 amide bonds. The summed E-state index contributed by atoms with van der Waals surface area (Å²) in [7, 11) is 2.85. The molecule has 9 nitrogen and oxygen atoms in total. The Labute approximate surface area is 201 Å². The van der Waals surface area contributed by atoms with Gasteiger partial charge in [0.15, 0.2) is 0 Å². The Morgan fingerprint density at radius 2 is 1.71 bits per heavy atom. The molecule has 1 fully saturated rings. The van der Waals surface area contributed by atoms with Gasteiger partial charge in [-0.3, -0.25) is 24.3 Å². The third kappa shape index (κ3) is 4.31. The number of nitrogens with one attached hydrogen (secondary N) is 1. The molecule has 2 heterocycles. The van der Waals surface area contributed by atoms with Crippen molar-refractivity contribution in [3.05, 3.63) is 83.7 Å². The van der Waals surface area contributed by atoms with Crippen LogP contribution in [0.1, 0.15) is 24.1 Å². The molecular weight excluding hydrogens is 450 g/mol. The number of ketones is 1. The lowest BCUT2D eigenvalue weighted by molar-refractivity contribution is -0.132. The van der Waals surface area contributed by atoms with E-state index in [-0.39, 0.29) is 28.5 Å². The minimum absolute atomic E-state index is 0.143. The van der Waals surface area contributed by atoms with E-state index in [1.807, 2.05) is 0 Å². The van der Waals surface area contributed by atoms with Crippen molar-refractivity contribution in [2.75, 3.05) is 24.4 Å². The van der Waals surface area contributed by atoms with Crippen molar-refractivity contribution >= 4 is 34.7 Å². The quantitative estimate of drug-likeness (QED) is 0.318. The number of carbonyl (C=O) groups excluding carboxylic acids is 3. The number of rotatable bonds is 6. The maximum absolute atomic E-state index is 13.4. The zero-order chi connectivity index (χ0) is 25.1. The summed E-state index contributed by atoms with van der Waals surface area (Å²) in [5.74, 6) is -1.90. The van der Waals surface area contributed by atoms with Gasteiger partial charge in [0.25, 0.3) is 11.7 Å². The zero-order valence-electron chi connectivity index (χ0n) is 19.3. The first kappa shape index (κ1) is 23.5. The first-order valence-corrected chi connectivity index (χ1v) is 10.7. The summed E-state index contributed by atoms with van der Waals surface area (Å²) in [5, 5.41) is 14.1. The standard InChI is InChI=1S/C26H23N3O6/c1-15(30)28-17-8-4-9-18(13-17)29-23(16-7-6-12-27-14-16)22(25(32)26(29)33)24(31)21-19(34-2)10-5-11-20(21)35-3/h4-14,23,31H,1-3H3,(H,28,30)/b24-22+. The van der Waals surface area contributed by atoms with Gasteiger partial charge in [0.2, 0.25) is 5.91 Å². The maximum Gasteiger partial charge on any atom is 0.300 e. The molecule has 2 N–H and O–H groups in total. The van der Waals surface area contributed by atoms with Crippen molar-refractivity contribution < 1.29 is 29.0 Å². The number of hydrogen-bond acceptors (Lipinski definition) is 7. The van der Waals surface area contributed by atoms with Crippen molar-refractivity contribution in [3.8, 4) is 11.5 Å². The number of amides is 2. The highest BCUT2D eigenvalue weighted by Gasteiger charge is 2.47. The number of aromatic nitrogens is 1. The highest BCUT2D eigenvalue weighted by atomic mass is 16.5. The molecule has 178 valence electrons. The lowest BCUT2D eigenvalue weighted by Crippen LogP contribution is -2.29. The molecule has 3 aromatic rings. The van der Waals surface area contributed by atoms with Gasteiger partial charge in [-0.05, 0) is 42.0 Å². The van der Waals surface area contributed by atoms with E-state index in [9.17, 15) is 19.5 Å². The normalized spacial score (nSPS) is 16.8. The fourth-order valence-electron chi connectivity index (χ4n) is 4.11. The fourth-order valence-corrected chi connectivity index (χ4v) is 4.11. The van der Waals surface area contributed by atoms with Crippen LogP contribution in [-0.2, 0) is 14.4 Å². The number of aliphatic hydroxyl groups excluding tert-OH is 1. The van der Waals surface area contributed by atoms with Crippen LogP contribution in [0.5, 0.6) is 11.5 Å². The highest BCUT2D eigenvalue weighted by molar-refractivity contribution is 6.51. The molecular formula is C26H23N3O6. The first-order chi connectivity index (χ1) is 16.9. The van der Waals surface area contributed by atoms with Gasteiger partial charge in [-0.1, -0.05) is 18.2 Å². The van der Waals surface area contributed by atoms with Crippen molar-refractivity contribution in [2.45, 2.75) is 13.0 Å². The lowest BCUT2D eigenvalue weighted by Gasteiger charge is -2.26. The lowest BCUT2D eigenvalue weighted by atomic mass is 9.95. The van der Waals surface area contributed by atoms with E-state index in [1.165, 1.54) is 32.2 Å². The third-order valence-corrected chi connectivity index (χ3v) is 5.55. The van der Waals surface area contributed by atoms with Gasteiger partial charge in [0.1, 0.15) is 22.8 Å². The van der Waals surface area contributed by atoms with Crippen molar-refractivity contribution in [2.24, 2.45) is 0 Å². The predicted molar refractivity (Wildman–Crippen MR) is 129 cm³/mol. The van der Waals surface area contributed by atoms with Crippen molar-refractivity contribution in [1.82, 2.24) is 4.98 Å². The number of nitrogens with zero attached hydrogens (tertiary/aromatic N) is 2. The molecule has 1 saturated heterocycles. The Bertz CT molecular complexity index is 1310. The highest BCUT2D eigenvalue weighted by Crippen LogP contribution is 2.45. The topological polar surface area (TPSA) is 118 Å². The number of ether oxygens (including phenoxy) is 2. The molecule has 0 bridgehead atoms. The molecule has 2 aromatic carbocycles. The summed E-state index contributed by atoms with van der Waals surface area (Å²) in [6, 6.07) is 13.8. The smallest absolute Gasteiger partial charge is 0.300 e. The molecule has 1 unspecified atom stereocenters. The predicted octanol–water partition coefficient (Wildman–Crippen LogP) is 3.68. The number of hydrogen-bond donors (Lipinski definition) is 2. The van der Waals surface area contributed by atoms with Gasteiger partial charge in [-0.2, -0.15) is 0 Å². The van der Waals surface area contributed by atoms with Crippen LogP contribution in [0.25, 0.3) is 5.76 Å². The molecule has 0 saturated carbocycles. The summed E-state index contributed by atoms with van der Waals surface area (Å²) < 4.78 is 10.8. The third-order valence-electron chi connectivity index (χ3n) is 5.55. The van der Waals surface area contributed by atoms with E-state index in [0.29, 0.717) is 16.9 Å². The van der Waals surface area contributed by atoms with Gasteiger partial charge in [-0.15, -0.1) is 0 Å². The van der Waals surface area contributed by atoms with Gasteiger partial charge in [0, 0.05) is 30.7 Å². The SMILES string of the molecule is COc1cccc(OC)c1/C(O)=C1\C(=O)C(=O)N(c2cccc(NC(C)=O)c2)C1c1cccnc1. The van der Waals surface area contributed by atoms with E-state index in [0.717, 1.165) is 0 Å². The molecule has 1 aromatic heterocycles. The Morgan fingerprint density at radius 1 is 1.03 bits per heavy atom. The summed E-state index contributed by atoms with van der Waals surface area (Å²) >= 11 is 0. The number of aliphatic hydroxyl groups is 1. The van der Waals surface area contributed by atoms with Crippen LogP contribution in [0.15, 0.2) is 72.6 Å². The van der Waals surface area contributed by atoms with E-state index >= 15 is 0 Å². The molecule has 9 heteroatoms. The molecule has 1 aliphatic heterocycles. The molecule has 1 atom stereocenters. The Hall–Kier alpha value is -4.66. The maximum atomic E-state index is 13.4. The summed E-state index contributed by atoms with van der Waals surface area (Å²) in [6.45, 7) is 1.37. The van der Waals surface area contributed by atoms with Crippen LogP contribution in [0.2, 0.25) is 0 Å². The van der Waals surface area contributed by atoms with E-state index in [4.69, 9.17) is 9.47 Å². The Morgan fingerprint density at radius 3 is 2.31 bits per heavy atom. The number of Topliss-reactive ketones (excluding diaryl/α,β-unsaturated/α-hetero) is 1. The van der Waals surface area contributed by atoms with Crippen LogP contribution in [-0.4, -0.2) is 41.9 Å². The van der Waals surface area contributed by atoms with Crippen LogP contribution >= 0.6 is 0 Å². The average Bonchev–Trinajstić information content (AvgIpc) is 3.13. The second-order valence-electron chi connectivity index (χ2n) is 7.72. The zero-order valence-corrected chi connectivity index (χ0v) is 19.3. The van der Waals surface area contributed by atoms with Crippen molar-refractivity contribution in [1.29, 1.82) is 0 Å². The summed E-state index contributed by atoms with van der Waals surface area (Å²) in [6.07, 6.45) is 3.09. The molecule has 1 aliphatic rings. The number of anilines is 2. The minimum Gasteiger partial charge on any atom is -0.506 e. The van der Waals surface area contributed by atoms with E-state index in [2.05, 4.69) is 10.3 Å². The molecule has 0 radical (unpaired) electrons. The molecule has 4 rings (SSSR count). The van der Waals surface area contributed by atoms with Crippen LogP contribution in [0.4, 0.5) is 11.4 Å². The second-order valence-corrected chi connectivity index (χ2v) is 7.72. The summed E-state index contributed by atoms with van der Waals surface area (Å²) in [4.78, 5) is 43.7. The molecule has 0 aliphatic carbocycles. The Kier molecular flexibility index (Phi) is 6.50. The monoisotopic (exact) mass is 473 g/mol. The number of benzene rings is 2. The van der Waals surface area contributed by atoms with E-state index in [1.54, 1.807) is 60.8 Å². The molecule has 35 heavy (non-hydrogen) atoms. The molecule has 0 spiro atoms. The second kappa shape index (κ2) is 9.68. The minimum atomic E-state index is -0.995.